The van der Waals surface area contributed by atoms with Gasteiger partial charge in [0.05, 0.1) is 6.10 Å². The average molecular weight is 328 g/mol. The van der Waals surface area contributed by atoms with Crippen LogP contribution in [0.25, 0.3) is 0 Å². The molecule has 0 heterocycles. The summed E-state index contributed by atoms with van der Waals surface area (Å²) in [7, 11) is 1.83. The van der Waals surface area contributed by atoms with Crippen molar-refractivity contribution in [2.24, 2.45) is 0 Å². The van der Waals surface area contributed by atoms with Gasteiger partial charge in [0.1, 0.15) is 5.75 Å². The molecule has 1 aromatic carbocycles. The Labute approximate surface area is 124 Å². The quantitative estimate of drug-likeness (QED) is 0.814. The second-order valence-electron chi connectivity index (χ2n) is 5.02. The zero-order chi connectivity index (χ0) is 14.6. The van der Waals surface area contributed by atoms with Gasteiger partial charge in [0.2, 0.25) is 0 Å². The fourth-order valence-electron chi connectivity index (χ4n) is 1.70. The number of benzene rings is 1. The van der Waals surface area contributed by atoms with Gasteiger partial charge in [-0.05, 0) is 45.4 Å². The van der Waals surface area contributed by atoms with E-state index in [2.05, 4.69) is 22.9 Å². The summed E-state index contributed by atoms with van der Waals surface area (Å²) >= 11 is 3.42. The maximum absolute atomic E-state index is 12.4. The third kappa shape index (κ3) is 4.53. The maximum Gasteiger partial charge on any atom is 0.254 e. The molecule has 0 saturated carbocycles. The second kappa shape index (κ2) is 6.94. The molecule has 0 aromatic heterocycles. The number of nitrogens with zero attached hydrogens (tertiary/aromatic N) is 1. The van der Waals surface area contributed by atoms with Crippen molar-refractivity contribution in [2.45, 2.75) is 46.3 Å². The van der Waals surface area contributed by atoms with Crippen molar-refractivity contribution in [1.29, 1.82) is 0 Å². The van der Waals surface area contributed by atoms with Crippen LogP contribution in [0.5, 0.6) is 5.75 Å². The van der Waals surface area contributed by atoms with E-state index < -0.39 is 0 Å². The summed E-state index contributed by atoms with van der Waals surface area (Å²) in [6.45, 7) is 8.05. The van der Waals surface area contributed by atoms with E-state index in [4.69, 9.17) is 4.74 Å². The second-order valence-corrected chi connectivity index (χ2v) is 5.93. The molecule has 106 valence electrons. The number of carbonyl (C=O) groups is 1. The molecule has 0 spiro atoms. The Kier molecular flexibility index (Phi) is 5.85. The molecule has 1 aromatic rings. The van der Waals surface area contributed by atoms with Crippen LogP contribution in [0.2, 0.25) is 0 Å². The standard InChI is InChI=1S/C15H22BrNO2/c1-6-11(4)17(5)15(18)12-7-13(16)9-14(8-12)19-10(2)3/h7-11H,6H2,1-5H3. The summed E-state index contributed by atoms with van der Waals surface area (Å²) in [6, 6.07) is 5.72. The highest BCUT2D eigenvalue weighted by Crippen LogP contribution is 2.23. The van der Waals surface area contributed by atoms with Gasteiger partial charge >= 0.3 is 0 Å². The molecule has 1 amide bonds. The number of carbonyl (C=O) groups excluding carboxylic acids is 1. The number of hydrogen-bond acceptors (Lipinski definition) is 2. The molecule has 1 atom stereocenters. The highest BCUT2D eigenvalue weighted by molar-refractivity contribution is 9.10. The fraction of sp³-hybridized carbons (Fsp3) is 0.533. The molecular formula is C15H22BrNO2. The molecule has 3 nitrogen and oxygen atoms in total. The number of rotatable bonds is 5. The van der Waals surface area contributed by atoms with Crippen LogP contribution in [-0.4, -0.2) is 30.0 Å². The topological polar surface area (TPSA) is 29.5 Å². The smallest absolute Gasteiger partial charge is 0.254 e. The minimum absolute atomic E-state index is 0.0178. The number of ether oxygens (including phenoxy) is 1. The molecule has 0 N–H and O–H groups in total. The molecule has 4 heteroatoms. The van der Waals surface area contributed by atoms with Gasteiger partial charge in [0.25, 0.3) is 5.91 Å². The van der Waals surface area contributed by atoms with Crippen LogP contribution in [0.1, 0.15) is 44.5 Å². The van der Waals surface area contributed by atoms with Crippen molar-refractivity contribution in [3.8, 4) is 5.75 Å². The van der Waals surface area contributed by atoms with Gasteiger partial charge in [-0.1, -0.05) is 22.9 Å². The van der Waals surface area contributed by atoms with Crippen LogP contribution in [0.4, 0.5) is 0 Å². The molecule has 19 heavy (non-hydrogen) atoms. The molecule has 0 fully saturated rings. The first-order valence-electron chi connectivity index (χ1n) is 6.59. The number of amides is 1. The summed E-state index contributed by atoms with van der Waals surface area (Å²) in [4.78, 5) is 14.1. The SMILES string of the molecule is CCC(C)N(C)C(=O)c1cc(Br)cc(OC(C)C)c1. The fourth-order valence-corrected chi connectivity index (χ4v) is 2.18. The lowest BCUT2D eigenvalue weighted by atomic mass is 10.1. The van der Waals surface area contributed by atoms with Crippen LogP contribution in [0.15, 0.2) is 22.7 Å². The average Bonchev–Trinajstić information content (AvgIpc) is 2.34. The predicted octanol–water partition coefficient (Wildman–Crippen LogP) is 4.11. The maximum atomic E-state index is 12.4. The minimum atomic E-state index is 0.0178. The van der Waals surface area contributed by atoms with E-state index in [1.54, 1.807) is 11.0 Å². The van der Waals surface area contributed by atoms with Gasteiger partial charge in [-0.2, -0.15) is 0 Å². The molecular weight excluding hydrogens is 306 g/mol. The Morgan fingerprint density at radius 1 is 1.32 bits per heavy atom. The molecule has 0 bridgehead atoms. The van der Waals surface area contributed by atoms with E-state index in [9.17, 15) is 4.79 Å². The molecule has 0 aliphatic rings. The highest BCUT2D eigenvalue weighted by atomic mass is 79.9. The van der Waals surface area contributed by atoms with E-state index in [1.165, 1.54) is 0 Å². The molecule has 1 rings (SSSR count). The zero-order valence-electron chi connectivity index (χ0n) is 12.2. The Balaban J connectivity index is 3.00. The summed E-state index contributed by atoms with van der Waals surface area (Å²) in [5.74, 6) is 0.731. The predicted molar refractivity (Wildman–Crippen MR) is 81.8 cm³/mol. The molecule has 0 aliphatic carbocycles. The number of halogens is 1. The molecule has 0 radical (unpaired) electrons. The third-order valence-corrected chi connectivity index (χ3v) is 3.52. The summed E-state index contributed by atoms with van der Waals surface area (Å²) in [5, 5.41) is 0. The lowest BCUT2D eigenvalue weighted by molar-refractivity contribution is 0.0739. The molecule has 0 aliphatic heterocycles. The van der Waals surface area contributed by atoms with Crippen LogP contribution in [0, 0.1) is 0 Å². The first kappa shape index (κ1) is 16.0. The van der Waals surface area contributed by atoms with E-state index in [0.29, 0.717) is 11.3 Å². The van der Waals surface area contributed by atoms with Crippen molar-refractivity contribution in [3.05, 3.63) is 28.2 Å². The van der Waals surface area contributed by atoms with E-state index in [-0.39, 0.29) is 18.1 Å². The Morgan fingerprint density at radius 2 is 1.95 bits per heavy atom. The van der Waals surface area contributed by atoms with Crippen molar-refractivity contribution in [3.63, 3.8) is 0 Å². The van der Waals surface area contributed by atoms with Gasteiger partial charge in [-0.3, -0.25) is 4.79 Å². The van der Waals surface area contributed by atoms with Gasteiger partial charge in [-0.25, -0.2) is 0 Å². The van der Waals surface area contributed by atoms with Crippen LogP contribution >= 0.6 is 15.9 Å². The first-order chi connectivity index (χ1) is 8.85. The van der Waals surface area contributed by atoms with E-state index in [0.717, 1.165) is 10.9 Å². The number of hydrogen-bond donors (Lipinski definition) is 0. The first-order valence-corrected chi connectivity index (χ1v) is 7.38. The van der Waals surface area contributed by atoms with Crippen molar-refractivity contribution < 1.29 is 9.53 Å². The summed E-state index contributed by atoms with van der Waals surface area (Å²) < 4.78 is 6.50. The molecule has 0 saturated heterocycles. The Bertz CT molecular complexity index is 446. The van der Waals surface area contributed by atoms with Crippen LogP contribution < -0.4 is 4.74 Å². The van der Waals surface area contributed by atoms with Crippen molar-refractivity contribution >= 4 is 21.8 Å². The van der Waals surface area contributed by atoms with Crippen molar-refractivity contribution in [2.75, 3.05) is 7.05 Å². The summed E-state index contributed by atoms with van der Waals surface area (Å²) in [5.41, 5.74) is 0.646. The molecule has 1 unspecified atom stereocenters. The summed E-state index contributed by atoms with van der Waals surface area (Å²) in [6.07, 6.45) is 1.02. The normalized spacial score (nSPS) is 12.4. The van der Waals surface area contributed by atoms with Gasteiger partial charge in [0, 0.05) is 23.1 Å². The van der Waals surface area contributed by atoms with Gasteiger partial charge < -0.3 is 9.64 Å². The van der Waals surface area contributed by atoms with E-state index >= 15 is 0 Å². The highest BCUT2D eigenvalue weighted by Gasteiger charge is 2.17. The largest absolute Gasteiger partial charge is 0.491 e. The van der Waals surface area contributed by atoms with Crippen LogP contribution in [-0.2, 0) is 0 Å². The van der Waals surface area contributed by atoms with E-state index in [1.807, 2.05) is 40.0 Å². The Hall–Kier alpha value is -1.03. The monoisotopic (exact) mass is 327 g/mol. The van der Waals surface area contributed by atoms with Crippen molar-refractivity contribution in [1.82, 2.24) is 4.90 Å². The lowest BCUT2D eigenvalue weighted by Crippen LogP contribution is -2.34. The van der Waals surface area contributed by atoms with Crippen LogP contribution in [0.3, 0.4) is 0 Å². The lowest BCUT2D eigenvalue weighted by Gasteiger charge is -2.24. The van der Waals surface area contributed by atoms with Gasteiger partial charge in [0.15, 0.2) is 0 Å². The minimum Gasteiger partial charge on any atom is -0.491 e. The van der Waals surface area contributed by atoms with Gasteiger partial charge in [-0.15, -0.1) is 0 Å². The Morgan fingerprint density at radius 3 is 2.47 bits per heavy atom. The zero-order valence-corrected chi connectivity index (χ0v) is 13.8. The third-order valence-electron chi connectivity index (χ3n) is 3.06.